The molecule has 1 heterocycles. The highest BCUT2D eigenvalue weighted by atomic mass is 35.5. The van der Waals surface area contributed by atoms with Gasteiger partial charge in [-0.05, 0) is 46.6 Å². The number of likely N-dealkylation sites (tertiary alicyclic amines) is 1. The summed E-state index contributed by atoms with van der Waals surface area (Å²) in [6.45, 7) is 10.8. The van der Waals surface area contributed by atoms with Crippen molar-refractivity contribution in [2.75, 3.05) is 19.6 Å². The zero-order valence-electron chi connectivity index (χ0n) is 15.8. The van der Waals surface area contributed by atoms with E-state index in [1.807, 2.05) is 0 Å². The van der Waals surface area contributed by atoms with Crippen LogP contribution in [0.25, 0.3) is 0 Å². The molecule has 0 radical (unpaired) electrons. The molecule has 1 fully saturated rings. The molecule has 148 valence electrons. The number of aliphatic imine (C=N–C) groups is 1. The molecule has 0 spiro atoms. The number of carbonyl (C=O) groups excluding carboxylic acids is 1. The molecule has 0 aromatic heterocycles. The Hall–Kier alpha value is -1.47. The van der Waals surface area contributed by atoms with Crippen molar-refractivity contribution in [3.8, 4) is 0 Å². The first-order chi connectivity index (χ1) is 11.9. The van der Waals surface area contributed by atoms with Crippen LogP contribution in [0.2, 0.25) is 0 Å². The van der Waals surface area contributed by atoms with Crippen molar-refractivity contribution in [3.63, 3.8) is 0 Å². The fraction of sp³-hybridized carbons (Fsp3) is 0.667. The zero-order valence-corrected chi connectivity index (χ0v) is 16.6. The van der Waals surface area contributed by atoms with E-state index in [9.17, 15) is 13.6 Å². The number of hydrogen-bond acceptors (Lipinski definition) is 4. The van der Waals surface area contributed by atoms with Gasteiger partial charge in [0.25, 0.3) is 0 Å². The molecule has 1 aliphatic rings. The highest BCUT2D eigenvalue weighted by molar-refractivity contribution is 6.29. The Balaban J connectivity index is 2.55. The van der Waals surface area contributed by atoms with Gasteiger partial charge in [-0.3, -0.25) is 9.89 Å². The van der Waals surface area contributed by atoms with E-state index in [0.29, 0.717) is 31.0 Å². The minimum atomic E-state index is -3.13. The Morgan fingerprint density at radius 2 is 1.96 bits per heavy atom. The maximum absolute atomic E-state index is 14.4. The lowest BCUT2D eigenvalue weighted by molar-refractivity contribution is 0.0207. The third kappa shape index (κ3) is 8.27. The fourth-order valence-corrected chi connectivity index (χ4v) is 2.58. The molecule has 0 aliphatic carbocycles. The van der Waals surface area contributed by atoms with Crippen LogP contribution in [0, 0.1) is 0 Å². The summed E-state index contributed by atoms with van der Waals surface area (Å²) in [6, 6.07) is -0.0795. The molecule has 1 amide bonds. The van der Waals surface area contributed by atoms with Crippen molar-refractivity contribution < 1.29 is 18.3 Å². The first kappa shape index (κ1) is 22.6. The van der Waals surface area contributed by atoms with Gasteiger partial charge in [0.2, 0.25) is 0 Å². The molecular formula is C18H28ClF2N3O2. The van der Waals surface area contributed by atoms with Crippen LogP contribution in [-0.2, 0) is 4.74 Å². The highest BCUT2D eigenvalue weighted by Crippen LogP contribution is 2.22. The molecule has 1 rings (SSSR count). The lowest BCUT2D eigenvalue weighted by Crippen LogP contribution is -2.49. The van der Waals surface area contributed by atoms with Crippen LogP contribution in [0.1, 0.15) is 40.5 Å². The van der Waals surface area contributed by atoms with Crippen molar-refractivity contribution in [1.29, 1.82) is 0 Å². The number of hydrogen-bond donors (Lipinski definition) is 1. The Kier molecular flexibility index (Phi) is 8.21. The van der Waals surface area contributed by atoms with Gasteiger partial charge in [-0.2, -0.15) is 8.78 Å². The summed E-state index contributed by atoms with van der Waals surface area (Å²) in [5.41, 5.74) is -0.977. The van der Waals surface area contributed by atoms with Crippen LogP contribution in [0.15, 0.2) is 28.9 Å². The average molecular weight is 392 g/mol. The average Bonchev–Trinajstić information content (AvgIpc) is 2.47. The standard InChI is InChI=1S/C18H28ClF2N3O2/c1-6-15(22-11-13(2)19)18(20,21)12-24-9-7-14(8-10-24)23-16(25)26-17(3,4)5/h6,11,14H,1,7-10,12H2,2-5H3,(H,23,25)/b13-11+,22-15?. The van der Waals surface area contributed by atoms with Gasteiger partial charge in [-0.15, -0.1) is 0 Å². The molecule has 26 heavy (non-hydrogen) atoms. The normalized spacial score (nSPS) is 18.6. The quantitative estimate of drug-likeness (QED) is 0.685. The smallest absolute Gasteiger partial charge is 0.407 e. The van der Waals surface area contributed by atoms with Gasteiger partial charge in [0.15, 0.2) is 0 Å². The molecule has 1 saturated heterocycles. The number of rotatable bonds is 6. The Morgan fingerprint density at radius 1 is 1.38 bits per heavy atom. The third-order valence-corrected chi connectivity index (χ3v) is 3.78. The molecule has 1 aliphatic heterocycles. The van der Waals surface area contributed by atoms with Gasteiger partial charge >= 0.3 is 12.0 Å². The van der Waals surface area contributed by atoms with Gasteiger partial charge in [0, 0.05) is 30.4 Å². The molecule has 0 bridgehead atoms. The number of nitrogens with zero attached hydrogens (tertiary/aromatic N) is 2. The summed E-state index contributed by atoms with van der Waals surface area (Å²) in [7, 11) is 0. The molecule has 0 aromatic carbocycles. The number of allylic oxidation sites excluding steroid dienone is 2. The molecular weight excluding hydrogens is 364 g/mol. The van der Waals surface area contributed by atoms with E-state index in [4.69, 9.17) is 16.3 Å². The largest absolute Gasteiger partial charge is 0.444 e. The number of alkyl halides is 2. The Bertz CT molecular complexity index is 559. The van der Waals surface area contributed by atoms with E-state index in [1.54, 1.807) is 32.6 Å². The minimum absolute atomic E-state index is 0.0795. The fourth-order valence-electron chi connectivity index (χ4n) is 2.53. The van der Waals surface area contributed by atoms with Crippen LogP contribution >= 0.6 is 11.6 Å². The van der Waals surface area contributed by atoms with Gasteiger partial charge in [-0.1, -0.05) is 18.2 Å². The van der Waals surface area contributed by atoms with E-state index in [2.05, 4.69) is 16.9 Å². The number of alkyl carbamates (subject to hydrolysis) is 1. The molecule has 1 N–H and O–H groups in total. The number of halogens is 3. The first-order valence-corrected chi connectivity index (χ1v) is 8.93. The van der Waals surface area contributed by atoms with Gasteiger partial charge in [-0.25, -0.2) is 4.79 Å². The van der Waals surface area contributed by atoms with E-state index in [-0.39, 0.29) is 6.04 Å². The van der Waals surface area contributed by atoms with Gasteiger partial charge in [0.05, 0.1) is 6.54 Å². The zero-order chi connectivity index (χ0) is 20.0. The second-order valence-electron chi connectivity index (χ2n) is 7.34. The summed E-state index contributed by atoms with van der Waals surface area (Å²) >= 11 is 5.64. The molecule has 5 nitrogen and oxygen atoms in total. The number of nitrogens with one attached hydrogen (secondary N) is 1. The topological polar surface area (TPSA) is 53.9 Å². The second-order valence-corrected chi connectivity index (χ2v) is 7.93. The SMILES string of the molecule is C=CC(=N/C=C(\C)Cl)C(F)(F)CN1CCC(NC(=O)OC(C)(C)C)CC1. The summed E-state index contributed by atoms with van der Waals surface area (Å²) in [4.78, 5) is 17.2. The van der Waals surface area contributed by atoms with Crippen molar-refractivity contribution in [2.45, 2.75) is 58.1 Å². The van der Waals surface area contributed by atoms with E-state index in [1.165, 1.54) is 6.20 Å². The lowest BCUT2D eigenvalue weighted by atomic mass is 10.0. The molecule has 0 aromatic rings. The predicted molar refractivity (Wildman–Crippen MR) is 101 cm³/mol. The Labute approximate surface area is 159 Å². The number of piperidine rings is 1. The summed E-state index contributed by atoms with van der Waals surface area (Å²) < 4.78 is 34.0. The van der Waals surface area contributed by atoms with Crippen molar-refractivity contribution >= 4 is 23.4 Å². The Morgan fingerprint density at radius 3 is 2.42 bits per heavy atom. The number of ether oxygens (including phenoxy) is 1. The van der Waals surface area contributed by atoms with E-state index < -0.39 is 29.9 Å². The maximum atomic E-state index is 14.4. The molecule has 0 saturated carbocycles. The van der Waals surface area contributed by atoms with E-state index in [0.717, 1.165) is 6.08 Å². The van der Waals surface area contributed by atoms with Crippen molar-refractivity contribution in [1.82, 2.24) is 10.2 Å². The minimum Gasteiger partial charge on any atom is -0.444 e. The monoisotopic (exact) mass is 391 g/mol. The maximum Gasteiger partial charge on any atom is 0.407 e. The summed E-state index contributed by atoms with van der Waals surface area (Å²) in [5.74, 6) is -3.13. The molecule has 8 heteroatoms. The van der Waals surface area contributed by atoms with Gasteiger partial charge in [0.1, 0.15) is 11.3 Å². The highest BCUT2D eigenvalue weighted by Gasteiger charge is 2.37. The number of carbonyl (C=O) groups is 1. The van der Waals surface area contributed by atoms with Gasteiger partial charge < -0.3 is 10.1 Å². The van der Waals surface area contributed by atoms with Crippen LogP contribution < -0.4 is 5.32 Å². The van der Waals surface area contributed by atoms with Crippen molar-refractivity contribution in [3.05, 3.63) is 23.9 Å². The van der Waals surface area contributed by atoms with Crippen LogP contribution in [-0.4, -0.2) is 53.9 Å². The third-order valence-electron chi connectivity index (χ3n) is 3.68. The summed E-state index contributed by atoms with van der Waals surface area (Å²) in [6.07, 6.45) is 2.91. The van der Waals surface area contributed by atoms with Crippen molar-refractivity contribution in [2.24, 2.45) is 4.99 Å². The molecule has 0 atom stereocenters. The number of amides is 1. The second kappa shape index (κ2) is 9.46. The lowest BCUT2D eigenvalue weighted by Gasteiger charge is -2.34. The van der Waals surface area contributed by atoms with Crippen LogP contribution in [0.5, 0.6) is 0 Å². The first-order valence-electron chi connectivity index (χ1n) is 8.55. The summed E-state index contributed by atoms with van der Waals surface area (Å²) in [5, 5.41) is 3.10. The van der Waals surface area contributed by atoms with Crippen LogP contribution in [0.4, 0.5) is 13.6 Å². The molecule has 0 unspecified atom stereocenters. The predicted octanol–water partition coefficient (Wildman–Crippen LogP) is 4.34. The van der Waals surface area contributed by atoms with Crippen LogP contribution in [0.3, 0.4) is 0 Å². The van der Waals surface area contributed by atoms with E-state index >= 15 is 0 Å².